The zero-order chi connectivity index (χ0) is 9.26. The van der Waals surface area contributed by atoms with E-state index in [-0.39, 0.29) is 0 Å². The highest BCUT2D eigenvalue weighted by Gasteiger charge is 2.12. The number of rotatable bonds is 2. The molecule has 4 heteroatoms. The van der Waals surface area contributed by atoms with Crippen molar-refractivity contribution in [1.29, 1.82) is 0 Å². The quantitative estimate of drug-likeness (QED) is 0.688. The van der Waals surface area contributed by atoms with Gasteiger partial charge in [-0.05, 0) is 11.4 Å². The largest absolute Gasteiger partial charge is 0.437 e. The second-order valence-corrected chi connectivity index (χ2v) is 3.49. The summed E-state index contributed by atoms with van der Waals surface area (Å²) in [5.74, 6) is 0.824. The lowest BCUT2D eigenvalue weighted by molar-refractivity contribution is 0.110. The summed E-state index contributed by atoms with van der Waals surface area (Å²) in [5.41, 5.74) is 0.641. The highest BCUT2D eigenvalue weighted by Crippen LogP contribution is 2.26. The van der Waals surface area contributed by atoms with Crippen molar-refractivity contribution in [1.82, 2.24) is 4.98 Å². The molecule has 0 atom stereocenters. The second-order valence-electron chi connectivity index (χ2n) is 2.54. The molecule has 2 heterocycles. The first-order valence-electron chi connectivity index (χ1n) is 3.78. The van der Waals surface area contributed by atoms with Crippen molar-refractivity contribution in [3.8, 4) is 10.6 Å². The van der Waals surface area contributed by atoms with Crippen molar-refractivity contribution >= 4 is 17.6 Å². The maximum atomic E-state index is 10.6. The summed E-state index contributed by atoms with van der Waals surface area (Å²) in [4.78, 5) is 15.7. The van der Waals surface area contributed by atoms with Gasteiger partial charge in [0, 0.05) is 6.92 Å². The number of nitrogens with zero attached hydrogens (tertiary/aromatic N) is 1. The average Bonchev–Trinajstić information content (AvgIpc) is 2.71. The van der Waals surface area contributed by atoms with Gasteiger partial charge in [0.25, 0.3) is 0 Å². The zero-order valence-corrected chi connectivity index (χ0v) is 7.80. The van der Waals surface area contributed by atoms with Crippen LogP contribution in [-0.4, -0.2) is 11.3 Å². The molecule has 66 valence electrons. The smallest absolute Gasteiger partial charge is 0.195 e. The van der Waals surface area contributed by atoms with E-state index < -0.39 is 0 Å². The monoisotopic (exact) mass is 193 g/mol. The molecule has 2 aromatic rings. The number of aryl methyl sites for hydroxylation is 1. The number of aromatic nitrogens is 1. The molecule has 0 fully saturated rings. The lowest BCUT2D eigenvalue weighted by Gasteiger charge is -1.87. The Kier molecular flexibility index (Phi) is 1.98. The van der Waals surface area contributed by atoms with E-state index in [2.05, 4.69) is 4.98 Å². The van der Waals surface area contributed by atoms with Gasteiger partial charge in [-0.2, -0.15) is 0 Å². The summed E-state index contributed by atoms with van der Waals surface area (Å²) < 4.78 is 5.12. The van der Waals surface area contributed by atoms with Gasteiger partial charge in [-0.1, -0.05) is 6.07 Å². The molecule has 0 saturated carbocycles. The van der Waals surface area contributed by atoms with Crippen LogP contribution in [-0.2, 0) is 0 Å². The molecule has 2 rings (SSSR count). The Morgan fingerprint density at radius 1 is 1.62 bits per heavy atom. The van der Waals surface area contributed by atoms with E-state index in [4.69, 9.17) is 4.42 Å². The van der Waals surface area contributed by atoms with Crippen molar-refractivity contribution in [2.45, 2.75) is 6.92 Å². The number of thiophene rings is 1. The van der Waals surface area contributed by atoms with Crippen LogP contribution in [0.15, 0.2) is 21.9 Å². The van der Waals surface area contributed by atoms with Gasteiger partial charge in [-0.15, -0.1) is 11.3 Å². The molecule has 0 bridgehead atoms. The fraction of sp³-hybridized carbons (Fsp3) is 0.111. The molecule has 0 aliphatic rings. The lowest BCUT2D eigenvalue weighted by Crippen LogP contribution is -1.79. The Balaban J connectivity index is 2.56. The number of carbonyl (C=O) groups is 1. The third kappa shape index (κ3) is 1.40. The molecule has 2 aromatic heterocycles. The molecule has 0 radical (unpaired) electrons. The Bertz CT molecular complexity index is 417. The van der Waals surface area contributed by atoms with Crippen molar-refractivity contribution in [2.24, 2.45) is 0 Å². The lowest BCUT2D eigenvalue weighted by atomic mass is 10.3. The topological polar surface area (TPSA) is 43.1 Å². The van der Waals surface area contributed by atoms with Crippen LogP contribution in [0.1, 0.15) is 16.4 Å². The summed E-state index contributed by atoms with van der Waals surface area (Å²) in [6.07, 6.45) is 0.690. The van der Waals surface area contributed by atoms with E-state index in [0.29, 0.717) is 23.6 Å². The minimum Gasteiger partial charge on any atom is -0.437 e. The highest BCUT2D eigenvalue weighted by atomic mass is 32.1. The molecule has 0 N–H and O–H groups in total. The number of hydrogen-bond acceptors (Lipinski definition) is 4. The standard InChI is InChI=1S/C9H7NO2S/c1-6-10-9(7(5-11)12-6)8-3-2-4-13-8/h2-5H,1H3. The minimum atomic E-state index is 0.306. The first-order valence-corrected chi connectivity index (χ1v) is 4.65. The van der Waals surface area contributed by atoms with E-state index in [1.54, 1.807) is 6.92 Å². The summed E-state index contributed by atoms with van der Waals surface area (Å²) in [7, 11) is 0. The third-order valence-electron chi connectivity index (χ3n) is 1.62. The van der Waals surface area contributed by atoms with Crippen LogP contribution in [0.25, 0.3) is 10.6 Å². The van der Waals surface area contributed by atoms with Gasteiger partial charge < -0.3 is 4.42 Å². The number of hydrogen-bond donors (Lipinski definition) is 0. The predicted octanol–water partition coefficient (Wildman–Crippen LogP) is 2.52. The Hall–Kier alpha value is -1.42. The first-order chi connectivity index (χ1) is 6.31. The Labute approximate surface area is 79.0 Å². The van der Waals surface area contributed by atoms with Gasteiger partial charge in [-0.3, -0.25) is 4.79 Å². The van der Waals surface area contributed by atoms with Crippen LogP contribution < -0.4 is 0 Å². The summed E-state index contributed by atoms with van der Waals surface area (Å²) >= 11 is 1.54. The van der Waals surface area contributed by atoms with Crippen molar-refractivity contribution in [3.05, 3.63) is 29.2 Å². The van der Waals surface area contributed by atoms with Crippen LogP contribution in [0.4, 0.5) is 0 Å². The molecule has 0 saturated heterocycles. The predicted molar refractivity (Wildman–Crippen MR) is 49.9 cm³/mol. The second kappa shape index (κ2) is 3.14. The Morgan fingerprint density at radius 2 is 2.46 bits per heavy atom. The van der Waals surface area contributed by atoms with Crippen molar-refractivity contribution in [3.63, 3.8) is 0 Å². The van der Waals surface area contributed by atoms with Gasteiger partial charge in [-0.25, -0.2) is 4.98 Å². The van der Waals surface area contributed by atoms with Crippen LogP contribution in [0, 0.1) is 6.92 Å². The summed E-state index contributed by atoms with van der Waals surface area (Å²) in [5, 5.41) is 1.94. The molecule has 0 aliphatic carbocycles. The average molecular weight is 193 g/mol. The third-order valence-corrected chi connectivity index (χ3v) is 2.50. The van der Waals surface area contributed by atoms with E-state index in [1.165, 1.54) is 11.3 Å². The van der Waals surface area contributed by atoms with E-state index >= 15 is 0 Å². The molecule has 0 aromatic carbocycles. The molecule has 0 unspecified atom stereocenters. The fourth-order valence-electron chi connectivity index (χ4n) is 1.11. The van der Waals surface area contributed by atoms with E-state index in [1.807, 2.05) is 17.5 Å². The highest BCUT2D eigenvalue weighted by molar-refractivity contribution is 7.13. The fourth-order valence-corrected chi connectivity index (χ4v) is 1.83. The van der Waals surface area contributed by atoms with Gasteiger partial charge >= 0.3 is 0 Å². The molecule has 0 amide bonds. The molecule has 13 heavy (non-hydrogen) atoms. The summed E-state index contributed by atoms with van der Waals surface area (Å²) in [6, 6.07) is 3.83. The van der Waals surface area contributed by atoms with Gasteiger partial charge in [0.05, 0.1) is 4.88 Å². The summed E-state index contributed by atoms with van der Waals surface area (Å²) in [6.45, 7) is 1.73. The minimum absolute atomic E-state index is 0.306. The van der Waals surface area contributed by atoms with Crippen LogP contribution >= 0.6 is 11.3 Å². The Morgan fingerprint density at radius 3 is 3.08 bits per heavy atom. The van der Waals surface area contributed by atoms with Crippen LogP contribution in [0.2, 0.25) is 0 Å². The van der Waals surface area contributed by atoms with E-state index in [9.17, 15) is 4.79 Å². The van der Waals surface area contributed by atoms with Crippen LogP contribution in [0.5, 0.6) is 0 Å². The normalized spacial score (nSPS) is 10.2. The first kappa shape index (κ1) is 8.19. The number of aldehydes is 1. The van der Waals surface area contributed by atoms with Gasteiger partial charge in [0.2, 0.25) is 0 Å². The maximum absolute atomic E-state index is 10.6. The van der Waals surface area contributed by atoms with Crippen molar-refractivity contribution in [2.75, 3.05) is 0 Å². The SMILES string of the molecule is Cc1nc(-c2cccs2)c(C=O)o1. The molecule has 0 aliphatic heterocycles. The van der Waals surface area contributed by atoms with Gasteiger partial charge in [0.15, 0.2) is 17.9 Å². The molecule has 0 spiro atoms. The maximum Gasteiger partial charge on any atom is 0.195 e. The number of oxazole rings is 1. The molecule has 3 nitrogen and oxygen atoms in total. The number of carbonyl (C=O) groups excluding carboxylic acids is 1. The molecular weight excluding hydrogens is 186 g/mol. The van der Waals surface area contributed by atoms with E-state index in [0.717, 1.165) is 4.88 Å². The zero-order valence-electron chi connectivity index (χ0n) is 6.98. The molecular formula is C9H7NO2S. The van der Waals surface area contributed by atoms with Crippen molar-refractivity contribution < 1.29 is 9.21 Å². The van der Waals surface area contributed by atoms with Crippen LogP contribution in [0.3, 0.4) is 0 Å². The van der Waals surface area contributed by atoms with Gasteiger partial charge in [0.1, 0.15) is 5.69 Å².